The third kappa shape index (κ3) is 9.23. The second-order valence-electron chi connectivity index (χ2n) is 9.21. The molecule has 0 unspecified atom stereocenters. The third-order valence-electron chi connectivity index (χ3n) is 5.06. The molecule has 0 bridgehead atoms. The van der Waals surface area contributed by atoms with E-state index in [2.05, 4.69) is 34.1 Å². The van der Waals surface area contributed by atoms with Crippen LogP contribution in [0.2, 0.25) is 0 Å². The Morgan fingerprint density at radius 1 is 1.19 bits per heavy atom. The lowest BCUT2D eigenvalue weighted by molar-refractivity contribution is 0.167. The molecule has 0 atom stereocenters. The van der Waals surface area contributed by atoms with Crippen LogP contribution in [0.4, 0.5) is 0 Å². The second-order valence-corrected chi connectivity index (χ2v) is 10.9. The topological polar surface area (TPSA) is 85.8 Å². The van der Waals surface area contributed by atoms with Gasteiger partial charge in [-0.1, -0.05) is 18.2 Å². The zero-order valence-corrected chi connectivity index (χ0v) is 22.9. The molecule has 9 heteroatoms. The summed E-state index contributed by atoms with van der Waals surface area (Å²) in [5.74, 6) is 0.733. The summed E-state index contributed by atoms with van der Waals surface area (Å²) in [4.78, 5) is 7.47. The lowest BCUT2D eigenvalue weighted by Crippen LogP contribution is -2.49. The molecule has 0 aromatic heterocycles. The number of benzene rings is 1. The molecule has 1 aliphatic rings. The zero-order valence-electron chi connectivity index (χ0n) is 19.7. The minimum Gasteiger partial charge on any atom is -0.357 e. The Balaban J connectivity index is 0.00000480. The average molecular weight is 566 g/mol. The molecule has 178 valence electrons. The van der Waals surface area contributed by atoms with Crippen molar-refractivity contribution in [2.75, 3.05) is 19.6 Å². The van der Waals surface area contributed by atoms with Crippen LogP contribution in [0.3, 0.4) is 0 Å². The average Bonchev–Trinajstić information content (AvgIpc) is 2.65. The van der Waals surface area contributed by atoms with E-state index >= 15 is 0 Å². The van der Waals surface area contributed by atoms with Gasteiger partial charge in [0.15, 0.2) is 5.96 Å². The molecule has 0 spiro atoms. The standard InChI is InChI=1S/C22H39N5O2S.HI/c1-7-23-21(25-19-12-14-27(15-13-19)17(2)3)24-16-18-10-8-9-11-20(18)30(28,29)26-22(4,5)6;/h8-11,17,19,26H,7,12-16H2,1-6H3,(H2,23,24,25);1H. The molecule has 31 heavy (non-hydrogen) atoms. The van der Waals surface area contributed by atoms with Gasteiger partial charge in [-0.2, -0.15) is 0 Å². The summed E-state index contributed by atoms with van der Waals surface area (Å²) >= 11 is 0. The minimum absolute atomic E-state index is 0. The van der Waals surface area contributed by atoms with Crippen molar-refractivity contribution >= 4 is 40.0 Å². The number of halogens is 1. The molecule has 1 aromatic carbocycles. The lowest BCUT2D eigenvalue weighted by Gasteiger charge is -2.35. The Morgan fingerprint density at radius 3 is 2.35 bits per heavy atom. The summed E-state index contributed by atoms with van der Waals surface area (Å²) in [6.45, 7) is 15.2. The molecule has 0 amide bonds. The molecule has 0 radical (unpaired) electrons. The van der Waals surface area contributed by atoms with Gasteiger partial charge in [-0.15, -0.1) is 24.0 Å². The number of piperidine rings is 1. The fraction of sp³-hybridized carbons (Fsp3) is 0.682. The zero-order chi connectivity index (χ0) is 22.4. The van der Waals surface area contributed by atoms with Gasteiger partial charge in [-0.3, -0.25) is 0 Å². The van der Waals surface area contributed by atoms with E-state index in [9.17, 15) is 8.42 Å². The number of hydrogen-bond donors (Lipinski definition) is 3. The first-order valence-electron chi connectivity index (χ1n) is 10.9. The first-order chi connectivity index (χ1) is 14.0. The van der Waals surface area contributed by atoms with Crippen molar-refractivity contribution in [2.45, 2.75) is 83.4 Å². The Labute approximate surface area is 205 Å². The van der Waals surface area contributed by atoms with Crippen LogP contribution in [-0.2, 0) is 16.6 Å². The Morgan fingerprint density at radius 2 is 1.81 bits per heavy atom. The van der Waals surface area contributed by atoms with E-state index in [4.69, 9.17) is 4.99 Å². The van der Waals surface area contributed by atoms with Gasteiger partial charge in [0.05, 0.1) is 11.4 Å². The molecule has 0 aliphatic carbocycles. The summed E-state index contributed by atoms with van der Waals surface area (Å²) < 4.78 is 28.4. The van der Waals surface area contributed by atoms with Crippen LogP contribution in [0.5, 0.6) is 0 Å². The summed E-state index contributed by atoms with van der Waals surface area (Å²) in [5.41, 5.74) is 0.136. The predicted molar refractivity (Wildman–Crippen MR) is 140 cm³/mol. The van der Waals surface area contributed by atoms with Crippen molar-refractivity contribution < 1.29 is 8.42 Å². The smallest absolute Gasteiger partial charge is 0.241 e. The van der Waals surface area contributed by atoms with Crippen molar-refractivity contribution in [1.29, 1.82) is 0 Å². The number of likely N-dealkylation sites (tertiary alicyclic amines) is 1. The van der Waals surface area contributed by atoms with E-state index in [-0.39, 0.29) is 28.9 Å². The monoisotopic (exact) mass is 565 g/mol. The molecule has 1 aliphatic heterocycles. The molecule has 1 heterocycles. The summed E-state index contributed by atoms with van der Waals surface area (Å²) in [5, 5.41) is 6.82. The van der Waals surface area contributed by atoms with Gasteiger partial charge in [-0.05, 0) is 66.0 Å². The normalized spacial score (nSPS) is 16.8. The number of nitrogens with one attached hydrogen (secondary N) is 3. The van der Waals surface area contributed by atoms with Crippen molar-refractivity contribution in [2.24, 2.45) is 4.99 Å². The van der Waals surface area contributed by atoms with Crippen LogP contribution in [0, 0.1) is 0 Å². The first kappa shape index (κ1) is 28.1. The maximum Gasteiger partial charge on any atom is 0.241 e. The van der Waals surface area contributed by atoms with Gasteiger partial charge in [0, 0.05) is 37.3 Å². The second kappa shape index (κ2) is 12.4. The van der Waals surface area contributed by atoms with E-state index in [0.29, 0.717) is 24.2 Å². The van der Waals surface area contributed by atoms with E-state index in [1.54, 1.807) is 12.1 Å². The van der Waals surface area contributed by atoms with E-state index in [0.717, 1.165) is 38.4 Å². The number of rotatable bonds is 7. The molecular weight excluding hydrogens is 525 g/mol. The fourth-order valence-electron chi connectivity index (χ4n) is 3.59. The molecule has 1 aromatic rings. The Kier molecular flexibility index (Phi) is 11.2. The van der Waals surface area contributed by atoms with Crippen molar-refractivity contribution in [3.8, 4) is 0 Å². The number of guanidine groups is 1. The molecule has 2 rings (SSSR count). The number of sulfonamides is 1. The lowest BCUT2D eigenvalue weighted by atomic mass is 10.0. The molecule has 0 saturated carbocycles. The van der Waals surface area contributed by atoms with E-state index < -0.39 is 15.6 Å². The van der Waals surface area contributed by atoms with Crippen LogP contribution in [0.15, 0.2) is 34.2 Å². The van der Waals surface area contributed by atoms with Gasteiger partial charge in [0.25, 0.3) is 0 Å². The number of aliphatic imine (C=N–C) groups is 1. The van der Waals surface area contributed by atoms with Gasteiger partial charge < -0.3 is 15.5 Å². The van der Waals surface area contributed by atoms with Crippen LogP contribution >= 0.6 is 24.0 Å². The summed E-state index contributed by atoms with van der Waals surface area (Å²) in [6.07, 6.45) is 2.14. The van der Waals surface area contributed by atoms with Crippen molar-refractivity contribution in [1.82, 2.24) is 20.3 Å². The quantitative estimate of drug-likeness (QED) is 0.269. The maximum atomic E-state index is 12.8. The fourth-order valence-corrected chi connectivity index (χ4v) is 5.24. The van der Waals surface area contributed by atoms with Gasteiger partial charge in [0.2, 0.25) is 10.0 Å². The van der Waals surface area contributed by atoms with Crippen LogP contribution in [-0.4, -0.2) is 56.5 Å². The SMILES string of the molecule is CCNC(=NCc1ccccc1S(=O)(=O)NC(C)(C)C)NC1CCN(C(C)C)CC1.I. The molecule has 1 saturated heterocycles. The molecule has 1 fully saturated rings. The Hall–Kier alpha value is -0.910. The minimum atomic E-state index is -3.62. The predicted octanol–water partition coefficient (Wildman–Crippen LogP) is 3.31. The highest BCUT2D eigenvalue weighted by atomic mass is 127. The van der Waals surface area contributed by atoms with Gasteiger partial charge in [0.1, 0.15) is 0 Å². The van der Waals surface area contributed by atoms with Crippen LogP contribution in [0.25, 0.3) is 0 Å². The first-order valence-corrected chi connectivity index (χ1v) is 12.4. The number of hydrogen-bond acceptors (Lipinski definition) is 4. The highest BCUT2D eigenvalue weighted by Gasteiger charge is 2.24. The van der Waals surface area contributed by atoms with Crippen molar-refractivity contribution in [3.63, 3.8) is 0 Å². The van der Waals surface area contributed by atoms with E-state index in [1.807, 2.05) is 39.8 Å². The number of nitrogens with zero attached hydrogens (tertiary/aromatic N) is 2. The highest BCUT2D eigenvalue weighted by Crippen LogP contribution is 2.19. The summed E-state index contributed by atoms with van der Waals surface area (Å²) in [7, 11) is -3.62. The van der Waals surface area contributed by atoms with Crippen LogP contribution < -0.4 is 15.4 Å². The van der Waals surface area contributed by atoms with Gasteiger partial charge >= 0.3 is 0 Å². The highest BCUT2D eigenvalue weighted by molar-refractivity contribution is 14.0. The third-order valence-corrected chi connectivity index (χ3v) is 6.91. The van der Waals surface area contributed by atoms with Crippen molar-refractivity contribution in [3.05, 3.63) is 29.8 Å². The largest absolute Gasteiger partial charge is 0.357 e. The molecule has 3 N–H and O–H groups in total. The molecular formula is C22H40IN5O2S. The van der Waals surface area contributed by atoms with Gasteiger partial charge in [-0.25, -0.2) is 18.1 Å². The maximum absolute atomic E-state index is 12.8. The van der Waals surface area contributed by atoms with Crippen LogP contribution in [0.1, 0.15) is 59.9 Å². The molecule has 7 nitrogen and oxygen atoms in total. The Bertz CT molecular complexity index is 813. The van der Waals surface area contributed by atoms with E-state index in [1.165, 1.54) is 0 Å². The summed E-state index contributed by atoms with van der Waals surface area (Å²) in [6, 6.07) is 8.01.